The molecule has 0 saturated carbocycles. The molecule has 0 aliphatic rings. The number of carbonyl (C=O) groups excluding carboxylic acids is 1. The third-order valence-corrected chi connectivity index (χ3v) is 2.41. The molecule has 0 unspecified atom stereocenters. The van der Waals surface area contributed by atoms with Gasteiger partial charge in [0.25, 0.3) is 0 Å². The highest BCUT2D eigenvalue weighted by molar-refractivity contribution is 5.80. The Morgan fingerprint density at radius 2 is 2.06 bits per heavy atom. The van der Waals surface area contributed by atoms with E-state index >= 15 is 0 Å². The summed E-state index contributed by atoms with van der Waals surface area (Å²) in [5.74, 6) is 0.500. The van der Waals surface area contributed by atoms with Crippen LogP contribution in [0.15, 0.2) is 58.2 Å². The lowest BCUT2D eigenvalue weighted by Crippen LogP contribution is -2.17. The maximum Gasteiger partial charge on any atom is 0.240 e. The second kappa shape index (κ2) is 6.39. The monoisotopic (exact) mass is 242 g/mol. The minimum absolute atomic E-state index is 0.110. The number of carbonyl (C=O) groups is 1. The first-order chi connectivity index (χ1) is 8.84. The van der Waals surface area contributed by atoms with E-state index in [2.05, 4.69) is 10.5 Å². The summed E-state index contributed by atoms with van der Waals surface area (Å²) in [6, 6.07) is 13.4. The summed E-state index contributed by atoms with van der Waals surface area (Å²) < 4.78 is 5.04. The van der Waals surface area contributed by atoms with Gasteiger partial charge in [-0.1, -0.05) is 30.3 Å². The predicted molar refractivity (Wildman–Crippen MR) is 69.2 cm³/mol. The molecule has 4 heteroatoms. The third-order valence-electron chi connectivity index (χ3n) is 2.41. The fourth-order valence-corrected chi connectivity index (χ4v) is 1.49. The number of hydrogen-bond donors (Lipinski definition) is 1. The van der Waals surface area contributed by atoms with Gasteiger partial charge in [0.1, 0.15) is 5.76 Å². The van der Waals surface area contributed by atoms with Crippen LogP contribution in [-0.2, 0) is 11.2 Å². The first-order valence-electron chi connectivity index (χ1n) is 5.74. The molecule has 0 aliphatic carbocycles. The van der Waals surface area contributed by atoms with Gasteiger partial charge in [0, 0.05) is 6.42 Å². The highest BCUT2D eigenvalue weighted by atomic mass is 16.3. The number of nitrogens with zero attached hydrogens (tertiary/aromatic N) is 1. The number of benzene rings is 1. The van der Waals surface area contributed by atoms with Crippen LogP contribution in [0.5, 0.6) is 0 Å². The zero-order valence-electron chi connectivity index (χ0n) is 9.87. The molecule has 2 aromatic rings. The summed E-state index contributed by atoms with van der Waals surface area (Å²) in [5.41, 5.74) is 3.60. The van der Waals surface area contributed by atoms with E-state index in [-0.39, 0.29) is 5.91 Å². The molecular formula is C14H14N2O2. The Morgan fingerprint density at radius 1 is 1.22 bits per heavy atom. The molecule has 18 heavy (non-hydrogen) atoms. The van der Waals surface area contributed by atoms with Gasteiger partial charge in [-0.3, -0.25) is 4.79 Å². The number of rotatable bonds is 5. The smallest absolute Gasteiger partial charge is 0.240 e. The summed E-state index contributed by atoms with van der Waals surface area (Å²) in [4.78, 5) is 11.5. The fourth-order valence-electron chi connectivity index (χ4n) is 1.49. The zero-order valence-corrected chi connectivity index (χ0v) is 9.87. The molecule has 0 radical (unpaired) electrons. The van der Waals surface area contributed by atoms with Gasteiger partial charge in [0.05, 0.1) is 12.5 Å². The van der Waals surface area contributed by atoms with Crippen molar-refractivity contribution in [3.63, 3.8) is 0 Å². The number of hydrazone groups is 1. The predicted octanol–water partition coefficient (Wildman–Crippen LogP) is 2.36. The Kier molecular flexibility index (Phi) is 4.30. The number of nitrogens with one attached hydrogen (secondary N) is 1. The van der Waals surface area contributed by atoms with Crippen molar-refractivity contribution in [2.24, 2.45) is 5.10 Å². The first kappa shape index (κ1) is 12.1. The Hall–Kier alpha value is -2.36. The van der Waals surface area contributed by atoms with Crippen molar-refractivity contribution in [2.45, 2.75) is 12.8 Å². The van der Waals surface area contributed by atoms with Crippen LogP contribution in [0.3, 0.4) is 0 Å². The summed E-state index contributed by atoms with van der Waals surface area (Å²) in [5, 5.41) is 3.81. The molecule has 0 bridgehead atoms. The van der Waals surface area contributed by atoms with Crippen molar-refractivity contribution in [3.8, 4) is 0 Å². The van der Waals surface area contributed by atoms with Crippen LogP contribution in [0.4, 0.5) is 0 Å². The molecular weight excluding hydrogens is 228 g/mol. The van der Waals surface area contributed by atoms with Gasteiger partial charge in [-0.2, -0.15) is 5.10 Å². The first-order valence-corrected chi connectivity index (χ1v) is 5.74. The Balaban J connectivity index is 1.73. The van der Waals surface area contributed by atoms with Gasteiger partial charge < -0.3 is 4.42 Å². The van der Waals surface area contributed by atoms with Crippen molar-refractivity contribution in [1.29, 1.82) is 0 Å². The molecule has 0 atom stereocenters. The fraction of sp³-hybridized carbons (Fsp3) is 0.143. The zero-order chi connectivity index (χ0) is 12.6. The summed E-state index contributed by atoms with van der Waals surface area (Å²) in [6.45, 7) is 0. The minimum atomic E-state index is -0.110. The molecule has 0 saturated heterocycles. The second-order valence-corrected chi connectivity index (χ2v) is 3.79. The molecule has 1 N–H and O–H groups in total. The summed E-state index contributed by atoms with van der Waals surface area (Å²) in [6.07, 6.45) is 4.15. The van der Waals surface area contributed by atoms with E-state index in [0.29, 0.717) is 18.6 Å². The van der Waals surface area contributed by atoms with Crippen molar-refractivity contribution in [2.75, 3.05) is 0 Å². The van der Waals surface area contributed by atoms with Crippen LogP contribution in [0, 0.1) is 0 Å². The molecule has 1 heterocycles. The summed E-state index contributed by atoms with van der Waals surface area (Å²) >= 11 is 0. The average Bonchev–Trinajstić information content (AvgIpc) is 2.91. The van der Waals surface area contributed by atoms with Crippen LogP contribution in [-0.4, -0.2) is 12.1 Å². The average molecular weight is 242 g/mol. The van der Waals surface area contributed by atoms with Crippen LogP contribution >= 0.6 is 0 Å². The van der Waals surface area contributed by atoms with Gasteiger partial charge in [-0.05, 0) is 24.1 Å². The standard InChI is InChI=1S/C14H14N2O2/c17-14(9-8-12-5-2-1-3-6-12)16-15-11-13-7-4-10-18-13/h1-7,10-11H,8-9H2,(H,16,17)/b15-11+. The van der Waals surface area contributed by atoms with Crippen molar-refractivity contribution < 1.29 is 9.21 Å². The Labute approximate surface area is 105 Å². The van der Waals surface area contributed by atoms with E-state index in [9.17, 15) is 4.79 Å². The number of aryl methyl sites for hydroxylation is 1. The lowest BCUT2D eigenvalue weighted by Gasteiger charge is -2.00. The van der Waals surface area contributed by atoms with Gasteiger partial charge >= 0.3 is 0 Å². The van der Waals surface area contributed by atoms with E-state index in [0.717, 1.165) is 5.56 Å². The lowest BCUT2D eigenvalue weighted by atomic mass is 10.1. The molecule has 4 nitrogen and oxygen atoms in total. The van der Waals surface area contributed by atoms with Gasteiger partial charge in [-0.25, -0.2) is 5.43 Å². The van der Waals surface area contributed by atoms with Gasteiger partial charge in [-0.15, -0.1) is 0 Å². The topological polar surface area (TPSA) is 54.6 Å². The molecule has 1 aromatic carbocycles. The molecule has 1 amide bonds. The molecule has 0 spiro atoms. The van der Waals surface area contributed by atoms with Crippen molar-refractivity contribution in [1.82, 2.24) is 5.43 Å². The van der Waals surface area contributed by atoms with E-state index < -0.39 is 0 Å². The largest absolute Gasteiger partial charge is 0.463 e. The minimum Gasteiger partial charge on any atom is -0.463 e. The van der Waals surface area contributed by atoms with Crippen molar-refractivity contribution >= 4 is 12.1 Å². The van der Waals surface area contributed by atoms with Crippen LogP contribution in [0.1, 0.15) is 17.7 Å². The van der Waals surface area contributed by atoms with Crippen LogP contribution in [0.2, 0.25) is 0 Å². The molecule has 1 aromatic heterocycles. The normalized spacial score (nSPS) is 10.7. The number of furan rings is 1. The van der Waals surface area contributed by atoms with Crippen LogP contribution in [0.25, 0.3) is 0 Å². The number of hydrogen-bond acceptors (Lipinski definition) is 3. The number of amides is 1. The summed E-state index contributed by atoms with van der Waals surface area (Å²) in [7, 11) is 0. The quantitative estimate of drug-likeness (QED) is 0.646. The molecule has 0 aliphatic heterocycles. The SMILES string of the molecule is O=C(CCc1ccccc1)N/N=C/c1ccco1. The molecule has 2 rings (SSSR count). The van der Waals surface area contributed by atoms with E-state index in [4.69, 9.17) is 4.42 Å². The lowest BCUT2D eigenvalue weighted by molar-refractivity contribution is -0.121. The van der Waals surface area contributed by atoms with E-state index in [1.165, 1.54) is 6.21 Å². The van der Waals surface area contributed by atoms with Gasteiger partial charge in [0.2, 0.25) is 5.91 Å². The van der Waals surface area contributed by atoms with Gasteiger partial charge in [0.15, 0.2) is 0 Å². The molecule has 0 fully saturated rings. The Bertz CT molecular complexity index is 504. The maximum absolute atomic E-state index is 11.5. The van der Waals surface area contributed by atoms with E-state index in [1.54, 1.807) is 18.4 Å². The second-order valence-electron chi connectivity index (χ2n) is 3.79. The third kappa shape index (κ3) is 3.90. The Morgan fingerprint density at radius 3 is 2.78 bits per heavy atom. The highest BCUT2D eigenvalue weighted by Gasteiger charge is 2.00. The molecule has 92 valence electrons. The maximum atomic E-state index is 11.5. The van der Waals surface area contributed by atoms with E-state index in [1.807, 2.05) is 30.3 Å². The highest BCUT2D eigenvalue weighted by Crippen LogP contribution is 2.02. The van der Waals surface area contributed by atoms with Crippen molar-refractivity contribution in [3.05, 3.63) is 60.1 Å². The van der Waals surface area contributed by atoms with Crippen LogP contribution < -0.4 is 5.43 Å².